The first-order chi connectivity index (χ1) is 8.38. The van der Waals surface area contributed by atoms with Crippen LogP contribution in [-0.4, -0.2) is 27.1 Å². The molecule has 0 aromatic heterocycles. The number of halogens is 2. The van der Waals surface area contributed by atoms with Gasteiger partial charge in [0.1, 0.15) is 6.10 Å². The van der Waals surface area contributed by atoms with Crippen molar-refractivity contribution in [2.24, 2.45) is 0 Å². The fourth-order valence-electron chi connectivity index (χ4n) is 1.62. The largest absolute Gasteiger partial charge is 0.390 e. The minimum absolute atomic E-state index is 0.121. The SMILES string of the molecule is Cc1cc([N+](=O)[O-])c(F)cc1C(O)C(O)CCCl. The van der Waals surface area contributed by atoms with Gasteiger partial charge in [0.25, 0.3) is 0 Å². The summed E-state index contributed by atoms with van der Waals surface area (Å²) >= 11 is 5.43. The first-order valence-electron chi connectivity index (χ1n) is 5.25. The minimum Gasteiger partial charge on any atom is -0.390 e. The second-order valence-electron chi connectivity index (χ2n) is 3.91. The zero-order valence-electron chi connectivity index (χ0n) is 9.64. The molecule has 1 aromatic rings. The van der Waals surface area contributed by atoms with E-state index in [0.29, 0.717) is 5.56 Å². The van der Waals surface area contributed by atoms with Gasteiger partial charge in [-0.2, -0.15) is 4.39 Å². The average molecular weight is 278 g/mol. The quantitative estimate of drug-likeness (QED) is 0.490. The maximum absolute atomic E-state index is 13.4. The zero-order valence-corrected chi connectivity index (χ0v) is 10.4. The summed E-state index contributed by atoms with van der Waals surface area (Å²) in [5.41, 5.74) is -0.199. The van der Waals surface area contributed by atoms with Gasteiger partial charge in [0.15, 0.2) is 0 Å². The standard InChI is InChI=1S/C11H13ClFNO4/c1-6-4-9(14(17)18)8(13)5-7(6)11(16)10(15)2-3-12/h4-5,10-11,15-16H,2-3H2,1H3. The van der Waals surface area contributed by atoms with E-state index in [2.05, 4.69) is 0 Å². The molecule has 2 atom stereocenters. The topological polar surface area (TPSA) is 83.6 Å². The van der Waals surface area contributed by atoms with Gasteiger partial charge in [-0.1, -0.05) is 0 Å². The molecule has 0 fully saturated rings. The minimum atomic E-state index is -1.32. The highest BCUT2D eigenvalue weighted by atomic mass is 35.5. The van der Waals surface area contributed by atoms with Crippen LogP contribution in [0.3, 0.4) is 0 Å². The van der Waals surface area contributed by atoms with Crippen molar-refractivity contribution in [3.8, 4) is 0 Å². The molecule has 0 heterocycles. The Labute approximate surface area is 108 Å². The Morgan fingerprint density at radius 1 is 1.50 bits per heavy atom. The first-order valence-corrected chi connectivity index (χ1v) is 5.78. The molecular weight excluding hydrogens is 265 g/mol. The highest BCUT2D eigenvalue weighted by Gasteiger charge is 2.24. The van der Waals surface area contributed by atoms with Crippen LogP contribution in [0.5, 0.6) is 0 Å². The Kier molecular flexibility index (Phi) is 5.01. The van der Waals surface area contributed by atoms with Crippen LogP contribution in [0.1, 0.15) is 23.7 Å². The summed E-state index contributed by atoms with van der Waals surface area (Å²) < 4.78 is 13.4. The van der Waals surface area contributed by atoms with Crippen molar-refractivity contribution in [3.05, 3.63) is 39.2 Å². The molecular formula is C11H13ClFNO4. The maximum Gasteiger partial charge on any atom is 0.305 e. The van der Waals surface area contributed by atoms with Gasteiger partial charge in [0.2, 0.25) is 5.82 Å². The van der Waals surface area contributed by atoms with Crippen molar-refractivity contribution < 1.29 is 19.5 Å². The molecule has 0 spiro atoms. The van der Waals surface area contributed by atoms with Gasteiger partial charge in [-0.25, -0.2) is 0 Å². The summed E-state index contributed by atoms with van der Waals surface area (Å²) in [7, 11) is 0. The fraction of sp³-hybridized carbons (Fsp3) is 0.455. The van der Waals surface area contributed by atoms with Gasteiger partial charge in [0, 0.05) is 11.9 Å². The fourth-order valence-corrected chi connectivity index (χ4v) is 1.84. The van der Waals surface area contributed by atoms with E-state index in [9.17, 15) is 24.7 Å². The smallest absolute Gasteiger partial charge is 0.305 e. The summed E-state index contributed by atoms with van der Waals surface area (Å²) in [6.45, 7) is 1.50. The number of alkyl halides is 1. The summed E-state index contributed by atoms with van der Waals surface area (Å²) in [6.07, 6.45) is -2.32. The Morgan fingerprint density at radius 2 is 2.11 bits per heavy atom. The lowest BCUT2D eigenvalue weighted by molar-refractivity contribution is -0.387. The van der Waals surface area contributed by atoms with Crippen LogP contribution in [0.25, 0.3) is 0 Å². The third-order valence-corrected chi connectivity index (χ3v) is 2.84. The van der Waals surface area contributed by atoms with Crippen molar-refractivity contribution >= 4 is 17.3 Å². The van der Waals surface area contributed by atoms with E-state index in [-0.39, 0.29) is 17.9 Å². The Morgan fingerprint density at radius 3 is 2.61 bits per heavy atom. The molecule has 18 heavy (non-hydrogen) atoms. The Bertz CT molecular complexity index is 455. The molecule has 5 nitrogen and oxygen atoms in total. The van der Waals surface area contributed by atoms with Crippen LogP contribution in [0.4, 0.5) is 10.1 Å². The molecule has 2 N–H and O–H groups in total. The summed E-state index contributed by atoms with van der Waals surface area (Å²) in [4.78, 5) is 9.69. The van der Waals surface area contributed by atoms with E-state index in [1.165, 1.54) is 6.92 Å². The van der Waals surface area contributed by atoms with E-state index < -0.39 is 28.6 Å². The lowest BCUT2D eigenvalue weighted by Crippen LogP contribution is -2.19. The van der Waals surface area contributed by atoms with Gasteiger partial charge >= 0.3 is 5.69 Å². The van der Waals surface area contributed by atoms with Crippen molar-refractivity contribution in [1.29, 1.82) is 0 Å². The van der Waals surface area contributed by atoms with Crippen LogP contribution < -0.4 is 0 Å². The molecule has 0 saturated heterocycles. The number of hydrogen-bond acceptors (Lipinski definition) is 4. The number of benzene rings is 1. The molecule has 2 unspecified atom stereocenters. The monoisotopic (exact) mass is 277 g/mol. The van der Waals surface area contributed by atoms with E-state index in [1.54, 1.807) is 0 Å². The van der Waals surface area contributed by atoms with Gasteiger partial charge in [-0.15, -0.1) is 11.6 Å². The van der Waals surface area contributed by atoms with E-state index in [1.807, 2.05) is 0 Å². The number of aliphatic hydroxyl groups excluding tert-OH is 2. The Hall–Kier alpha value is -1.24. The van der Waals surface area contributed by atoms with Gasteiger partial charge in [-0.3, -0.25) is 10.1 Å². The maximum atomic E-state index is 13.4. The van der Waals surface area contributed by atoms with E-state index >= 15 is 0 Å². The zero-order chi connectivity index (χ0) is 13.9. The molecule has 1 rings (SSSR count). The highest BCUT2D eigenvalue weighted by Crippen LogP contribution is 2.28. The average Bonchev–Trinajstić information content (AvgIpc) is 2.30. The molecule has 0 bridgehead atoms. The first kappa shape index (κ1) is 14.8. The molecule has 0 saturated carbocycles. The van der Waals surface area contributed by atoms with E-state index in [4.69, 9.17) is 11.6 Å². The van der Waals surface area contributed by atoms with Crippen LogP contribution in [0.15, 0.2) is 12.1 Å². The van der Waals surface area contributed by atoms with Crippen LogP contribution in [0, 0.1) is 22.9 Å². The lowest BCUT2D eigenvalue weighted by Gasteiger charge is -2.19. The van der Waals surface area contributed by atoms with Crippen molar-refractivity contribution in [3.63, 3.8) is 0 Å². The summed E-state index contributed by atoms with van der Waals surface area (Å²) in [5.74, 6) is -0.898. The molecule has 0 amide bonds. The van der Waals surface area contributed by atoms with Gasteiger partial charge in [-0.05, 0) is 30.5 Å². The third-order valence-electron chi connectivity index (χ3n) is 2.62. The lowest BCUT2D eigenvalue weighted by atomic mass is 9.97. The number of nitrogens with zero attached hydrogens (tertiary/aromatic N) is 1. The number of nitro benzene ring substituents is 1. The van der Waals surface area contributed by atoms with Crippen LogP contribution >= 0.6 is 11.6 Å². The third kappa shape index (κ3) is 3.16. The molecule has 0 aliphatic carbocycles. The number of nitro groups is 1. The number of rotatable bonds is 5. The van der Waals surface area contributed by atoms with Crippen LogP contribution in [-0.2, 0) is 0 Å². The Balaban J connectivity index is 3.11. The number of aliphatic hydroxyl groups is 2. The van der Waals surface area contributed by atoms with Crippen molar-refractivity contribution in [2.45, 2.75) is 25.6 Å². The van der Waals surface area contributed by atoms with Crippen molar-refractivity contribution in [2.75, 3.05) is 5.88 Å². The molecule has 1 aromatic carbocycles. The molecule has 0 radical (unpaired) electrons. The van der Waals surface area contributed by atoms with Crippen LogP contribution in [0.2, 0.25) is 0 Å². The summed E-state index contributed by atoms with van der Waals surface area (Å²) in [6, 6.07) is 1.90. The van der Waals surface area contributed by atoms with Gasteiger partial charge < -0.3 is 10.2 Å². The number of aryl methyl sites for hydroxylation is 1. The second-order valence-corrected chi connectivity index (χ2v) is 4.29. The predicted molar refractivity (Wildman–Crippen MR) is 64.1 cm³/mol. The molecule has 7 heteroatoms. The highest BCUT2D eigenvalue weighted by molar-refractivity contribution is 6.17. The normalized spacial score (nSPS) is 14.3. The molecule has 0 aliphatic heterocycles. The van der Waals surface area contributed by atoms with Gasteiger partial charge in [0.05, 0.1) is 11.0 Å². The second kappa shape index (κ2) is 6.08. The predicted octanol–water partition coefficient (Wildman–Crippen LogP) is 2.07. The van der Waals surface area contributed by atoms with E-state index in [0.717, 1.165) is 12.1 Å². The molecule has 0 aliphatic rings. The number of hydrogen-bond donors (Lipinski definition) is 2. The summed E-state index contributed by atoms with van der Waals surface area (Å²) in [5, 5.41) is 29.9. The van der Waals surface area contributed by atoms with Crippen molar-refractivity contribution in [1.82, 2.24) is 0 Å². The molecule has 100 valence electrons.